The first-order chi connectivity index (χ1) is 32.6. The molecule has 2 unspecified atom stereocenters. The molecule has 0 aromatic rings. The number of rotatable bonds is 54. The maximum absolute atomic E-state index is 12.9. The van der Waals surface area contributed by atoms with Crippen LogP contribution in [0.3, 0.4) is 0 Å². The average molecular weight is 951 g/mol. The summed E-state index contributed by atoms with van der Waals surface area (Å²) in [6.07, 6.45) is 54.0. The van der Waals surface area contributed by atoms with E-state index >= 15 is 0 Å². The second-order valence-corrected chi connectivity index (χ2v) is 20.9. The standard InChI is InChI=1S/C58H111NO8/c1-6-8-10-12-14-16-18-20-22-24-26-27-28-29-31-33-35-37-39-41-43-45-47-49-56(61)67-54(53-66-58(57(62)63)64-51-50-59(3,4)5)52-65-55(60)48-46-44-42-40-38-36-34-32-30-25-23-21-19-17-15-13-11-9-7-2/h24,26,54,58H,6-23,25,27-53H2,1-5H3/b26-24-. The highest BCUT2D eigenvalue weighted by atomic mass is 16.7. The van der Waals surface area contributed by atoms with Crippen molar-refractivity contribution in [1.82, 2.24) is 0 Å². The third-order valence-corrected chi connectivity index (χ3v) is 13.0. The van der Waals surface area contributed by atoms with Crippen LogP contribution in [0.2, 0.25) is 0 Å². The van der Waals surface area contributed by atoms with Crippen LogP contribution >= 0.6 is 0 Å². The minimum absolute atomic E-state index is 0.151. The highest BCUT2D eigenvalue weighted by molar-refractivity contribution is 5.70. The van der Waals surface area contributed by atoms with E-state index in [0.29, 0.717) is 17.4 Å². The van der Waals surface area contributed by atoms with Crippen LogP contribution in [0.4, 0.5) is 0 Å². The van der Waals surface area contributed by atoms with Crippen molar-refractivity contribution in [3.63, 3.8) is 0 Å². The summed E-state index contributed by atoms with van der Waals surface area (Å²) < 4.78 is 22.7. The molecule has 0 aromatic heterocycles. The molecule has 0 saturated carbocycles. The number of aliphatic carboxylic acids is 1. The van der Waals surface area contributed by atoms with E-state index in [9.17, 15) is 19.5 Å². The summed E-state index contributed by atoms with van der Waals surface area (Å²) in [5.74, 6) is -2.26. The number of allylic oxidation sites excluding steroid dienone is 2. The number of carboxylic acids is 1. The zero-order chi connectivity index (χ0) is 49.2. The molecule has 9 heteroatoms. The minimum atomic E-state index is -1.62. The van der Waals surface area contributed by atoms with Crippen molar-refractivity contribution in [2.75, 3.05) is 47.5 Å². The van der Waals surface area contributed by atoms with Crippen molar-refractivity contribution in [2.45, 2.75) is 296 Å². The van der Waals surface area contributed by atoms with Crippen LogP contribution in [0, 0.1) is 0 Å². The van der Waals surface area contributed by atoms with Gasteiger partial charge in [-0.2, -0.15) is 0 Å². The Kier molecular flexibility index (Phi) is 48.9. The van der Waals surface area contributed by atoms with E-state index in [0.717, 1.165) is 38.5 Å². The molecule has 0 bridgehead atoms. The monoisotopic (exact) mass is 950 g/mol. The number of hydrogen-bond acceptors (Lipinski definition) is 8. The van der Waals surface area contributed by atoms with E-state index in [1.54, 1.807) is 0 Å². The molecule has 0 spiro atoms. The van der Waals surface area contributed by atoms with Gasteiger partial charge in [-0.3, -0.25) is 9.59 Å². The van der Waals surface area contributed by atoms with Crippen LogP contribution in [0.15, 0.2) is 12.2 Å². The molecule has 0 radical (unpaired) electrons. The number of likely N-dealkylation sites (N-methyl/N-ethyl adjacent to an activating group) is 1. The third-order valence-electron chi connectivity index (χ3n) is 13.0. The predicted molar refractivity (Wildman–Crippen MR) is 279 cm³/mol. The Bertz CT molecular complexity index is 1110. The molecule has 0 saturated heterocycles. The van der Waals surface area contributed by atoms with Gasteiger partial charge in [0, 0.05) is 12.8 Å². The van der Waals surface area contributed by atoms with Crippen molar-refractivity contribution in [3.05, 3.63) is 12.2 Å². The number of carbonyl (C=O) groups is 3. The number of carbonyl (C=O) groups excluding carboxylic acids is 3. The van der Waals surface area contributed by atoms with Gasteiger partial charge in [0.05, 0.1) is 40.3 Å². The van der Waals surface area contributed by atoms with Crippen LogP contribution in [-0.2, 0) is 33.3 Å². The Balaban J connectivity index is 4.22. The quantitative estimate of drug-likeness (QED) is 0.0195. The predicted octanol–water partition coefficient (Wildman–Crippen LogP) is 15.2. The number of ether oxygens (including phenoxy) is 4. The van der Waals surface area contributed by atoms with Crippen molar-refractivity contribution >= 4 is 17.9 Å². The van der Waals surface area contributed by atoms with Gasteiger partial charge in [0.2, 0.25) is 0 Å². The van der Waals surface area contributed by atoms with Gasteiger partial charge in [-0.1, -0.05) is 244 Å². The lowest BCUT2D eigenvalue weighted by Crippen LogP contribution is -2.44. The largest absolute Gasteiger partial charge is 0.545 e. The highest BCUT2D eigenvalue weighted by Crippen LogP contribution is 2.17. The third kappa shape index (κ3) is 51.7. The van der Waals surface area contributed by atoms with Gasteiger partial charge in [0.25, 0.3) is 0 Å². The van der Waals surface area contributed by atoms with E-state index in [1.807, 2.05) is 21.1 Å². The first-order valence-corrected chi connectivity index (χ1v) is 28.8. The zero-order valence-electron chi connectivity index (χ0n) is 45.0. The van der Waals surface area contributed by atoms with E-state index in [2.05, 4.69) is 26.0 Å². The van der Waals surface area contributed by atoms with E-state index < -0.39 is 24.3 Å². The van der Waals surface area contributed by atoms with Gasteiger partial charge in [-0.05, 0) is 38.5 Å². The number of quaternary nitrogens is 1. The Labute approximate surface area is 415 Å². The van der Waals surface area contributed by atoms with E-state index in [-0.39, 0.29) is 32.2 Å². The Morgan fingerprint density at radius 1 is 0.433 bits per heavy atom. The SMILES string of the molecule is CCCCCCCCCC/C=C\CCCCCCCCCCCCCC(=O)OC(COC(=O)CCCCCCCCCCCCCCCCCCCCC)COC(OCC[N+](C)(C)C)C(=O)[O-]. The van der Waals surface area contributed by atoms with Gasteiger partial charge < -0.3 is 33.3 Å². The molecule has 0 heterocycles. The number of hydrogen-bond donors (Lipinski definition) is 0. The maximum atomic E-state index is 12.9. The van der Waals surface area contributed by atoms with Crippen molar-refractivity contribution in [2.24, 2.45) is 0 Å². The topological polar surface area (TPSA) is 111 Å². The molecule has 9 nitrogen and oxygen atoms in total. The van der Waals surface area contributed by atoms with E-state index in [1.165, 1.54) is 218 Å². The number of nitrogens with zero attached hydrogens (tertiary/aromatic N) is 1. The molecule has 0 amide bonds. The summed E-state index contributed by atoms with van der Waals surface area (Å²) in [5.41, 5.74) is 0. The molecule has 0 aliphatic carbocycles. The lowest BCUT2D eigenvalue weighted by Gasteiger charge is -2.26. The lowest BCUT2D eigenvalue weighted by atomic mass is 10.0. The molecular formula is C58H111NO8. The van der Waals surface area contributed by atoms with Crippen LogP contribution in [0.5, 0.6) is 0 Å². The van der Waals surface area contributed by atoms with Gasteiger partial charge in [0.15, 0.2) is 12.4 Å². The van der Waals surface area contributed by atoms with Gasteiger partial charge in [0.1, 0.15) is 13.2 Å². The molecule has 0 aromatic carbocycles. The normalized spacial score (nSPS) is 12.8. The van der Waals surface area contributed by atoms with Crippen LogP contribution in [0.1, 0.15) is 284 Å². The van der Waals surface area contributed by atoms with Crippen LogP contribution in [-0.4, -0.2) is 82.3 Å². The summed E-state index contributed by atoms with van der Waals surface area (Å²) in [6.45, 7) is 4.80. The molecule has 0 aliphatic rings. The summed E-state index contributed by atoms with van der Waals surface area (Å²) in [4.78, 5) is 37.3. The Morgan fingerprint density at radius 3 is 1.10 bits per heavy atom. The molecule has 67 heavy (non-hydrogen) atoms. The average Bonchev–Trinajstić information content (AvgIpc) is 3.29. The molecule has 396 valence electrons. The summed E-state index contributed by atoms with van der Waals surface area (Å²) in [7, 11) is 5.93. The van der Waals surface area contributed by atoms with Gasteiger partial charge in [-0.25, -0.2) is 0 Å². The molecular weight excluding hydrogens is 839 g/mol. The molecule has 0 fully saturated rings. The van der Waals surface area contributed by atoms with E-state index in [4.69, 9.17) is 18.9 Å². The first kappa shape index (κ1) is 65.0. The van der Waals surface area contributed by atoms with Crippen molar-refractivity contribution in [3.8, 4) is 0 Å². The minimum Gasteiger partial charge on any atom is -0.545 e. The lowest BCUT2D eigenvalue weighted by molar-refractivity contribution is -0.870. The summed E-state index contributed by atoms with van der Waals surface area (Å²) in [6, 6.07) is 0. The molecule has 2 atom stereocenters. The van der Waals surface area contributed by atoms with Crippen molar-refractivity contribution in [1.29, 1.82) is 0 Å². The summed E-state index contributed by atoms with van der Waals surface area (Å²) in [5, 5.41) is 11.8. The van der Waals surface area contributed by atoms with Gasteiger partial charge in [-0.15, -0.1) is 0 Å². The van der Waals surface area contributed by atoms with Crippen molar-refractivity contribution < 1.29 is 42.9 Å². The summed E-state index contributed by atoms with van der Waals surface area (Å²) >= 11 is 0. The molecule has 0 rings (SSSR count). The molecule has 0 aliphatic heterocycles. The Hall–Kier alpha value is -1.97. The van der Waals surface area contributed by atoms with Crippen LogP contribution < -0.4 is 5.11 Å². The molecule has 0 N–H and O–H groups in total. The van der Waals surface area contributed by atoms with Crippen LogP contribution in [0.25, 0.3) is 0 Å². The zero-order valence-corrected chi connectivity index (χ0v) is 45.0. The number of unbranched alkanes of at least 4 members (excludes halogenated alkanes) is 37. The second kappa shape index (κ2) is 50.4. The fourth-order valence-electron chi connectivity index (χ4n) is 8.53. The second-order valence-electron chi connectivity index (χ2n) is 20.9. The maximum Gasteiger partial charge on any atom is 0.306 e. The fraction of sp³-hybridized carbons (Fsp3) is 0.914. The fourth-order valence-corrected chi connectivity index (χ4v) is 8.53. The smallest absolute Gasteiger partial charge is 0.306 e. The number of carboxylic acid groups (broad SMARTS) is 1. The number of esters is 2. The van der Waals surface area contributed by atoms with Gasteiger partial charge >= 0.3 is 11.9 Å². The Morgan fingerprint density at radius 2 is 0.761 bits per heavy atom. The highest BCUT2D eigenvalue weighted by Gasteiger charge is 2.22. The first-order valence-electron chi connectivity index (χ1n) is 28.8.